The molecule has 2 N–H and O–H groups in total. The van der Waals surface area contributed by atoms with Crippen molar-refractivity contribution in [2.24, 2.45) is 0 Å². The minimum Gasteiger partial charge on any atom is -0.393 e. The summed E-state index contributed by atoms with van der Waals surface area (Å²) in [4.78, 5) is 11.5. The number of carbonyl (C=O) groups excluding carboxylic acids is 1. The van der Waals surface area contributed by atoms with Gasteiger partial charge < -0.3 is 15.2 Å². The smallest absolute Gasteiger partial charge is 0.251 e. The molecule has 17 heavy (non-hydrogen) atoms. The Morgan fingerprint density at radius 3 is 2.71 bits per heavy atom. The summed E-state index contributed by atoms with van der Waals surface area (Å²) >= 11 is 3.38. The van der Waals surface area contributed by atoms with Crippen LogP contribution in [0.5, 0.6) is 0 Å². The van der Waals surface area contributed by atoms with Crippen LogP contribution in [0, 0.1) is 0 Å². The number of hydrogen-bond donors (Lipinski definition) is 2. The predicted octanol–water partition coefficient (Wildman–Crippen LogP) is 0.867. The molecule has 1 aromatic carbocycles. The number of benzene rings is 1. The molecule has 1 aliphatic heterocycles. The van der Waals surface area contributed by atoms with Crippen molar-refractivity contribution in [3.63, 3.8) is 0 Å². The van der Waals surface area contributed by atoms with Gasteiger partial charge in [-0.25, -0.2) is 0 Å². The second-order valence-corrected chi connectivity index (χ2v) is 4.96. The summed E-state index contributed by atoms with van der Waals surface area (Å²) in [5, 5.41) is 11.7. The molecule has 1 aromatic rings. The Morgan fingerprint density at radius 1 is 1.41 bits per heavy atom. The van der Waals surface area contributed by atoms with Gasteiger partial charge in [-0.05, 0) is 24.1 Å². The molecule has 0 saturated carbocycles. The van der Waals surface area contributed by atoms with Crippen LogP contribution in [0.4, 0.5) is 0 Å². The molecule has 1 saturated heterocycles. The van der Waals surface area contributed by atoms with Gasteiger partial charge in [-0.2, -0.15) is 0 Å². The Balaban J connectivity index is 1.92. The zero-order valence-corrected chi connectivity index (χ0v) is 10.8. The largest absolute Gasteiger partial charge is 0.393 e. The monoisotopic (exact) mass is 299 g/mol. The third-order valence-corrected chi connectivity index (χ3v) is 3.23. The Bertz CT molecular complexity index is 393. The number of hydrogen-bond acceptors (Lipinski definition) is 3. The molecule has 2 atom stereocenters. The molecule has 92 valence electrons. The van der Waals surface area contributed by atoms with Crippen LogP contribution in [0.1, 0.15) is 5.56 Å². The highest BCUT2D eigenvalue weighted by atomic mass is 79.9. The molecule has 0 bridgehead atoms. The molecule has 1 aliphatic rings. The van der Waals surface area contributed by atoms with Gasteiger partial charge in [-0.15, -0.1) is 0 Å². The normalized spacial score (nSPS) is 24.5. The third-order valence-electron chi connectivity index (χ3n) is 2.70. The van der Waals surface area contributed by atoms with Crippen molar-refractivity contribution in [2.45, 2.75) is 18.6 Å². The Kier molecular flexibility index (Phi) is 4.15. The van der Waals surface area contributed by atoms with Crippen LogP contribution < -0.4 is 5.32 Å². The molecular weight excluding hydrogens is 286 g/mol. The molecule has 1 heterocycles. The van der Waals surface area contributed by atoms with E-state index < -0.39 is 6.10 Å². The molecule has 0 radical (unpaired) electrons. The van der Waals surface area contributed by atoms with Gasteiger partial charge in [0.1, 0.15) is 0 Å². The van der Waals surface area contributed by atoms with Crippen LogP contribution >= 0.6 is 15.9 Å². The van der Waals surface area contributed by atoms with E-state index in [1.54, 1.807) is 0 Å². The number of halogens is 1. The van der Waals surface area contributed by atoms with Gasteiger partial charge in [-0.1, -0.05) is 28.1 Å². The second kappa shape index (κ2) is 5.62. The van der Waals surface area contributed by atoms with Crippen LogP contribution in [0.25, 0.3) is 0 Å². The molecule has 1 fully saturated rings. The van der Waals surface area contributed by atoms with Gasteiger partial charge in [0.15, 0.2) is 6.10 Å². The van der Waals surface area contributed by atoms with Crippen LogP contribution in [0.3, 0.4) is 0 Å². The summed E-state index contributed by atoms with van der Waals surface area (Å²) in [5.74, 6) is -0.235. The number of ether oxygens (including phenoxy) is 1. The average Bonchev–Trinajstić information content (AvgIpc) is 2.32. The second-order valence-electron chi connectivity index (χ2n) is 4.04. The fourth-order valence-corrected chi connectivity index (χ4v) is 2.06. The Hall–Kier alpha value is -0.910. The van der Waals surface area contributed by atoms with E-state index in [-0.39, 0.29) is 18.6 Å². The summed E-state index contributed by atoms with van der Waals surface area (Å²) in [6.45, 7) is 0.171. The quantitative estimate of drug-likeness (QED) is 0.871. The number of morpholine rings is 1. The first-order chi connectivity index (χ1) is 8.19. The summed E-state index contributed by atoms with van der Waals surface area (Å²) in [7, 11) is 0. The Morgan fingerprint density at radius 2 is 2.12 bits per heavy atom. The highest BCUT2D eigenvalue weighted by Gasteiger charge is 2.27. The van der Waals surface area contributed by atoms with E-state index in [4.69, 9.17) is 9.84 Å². The molecule has 5 heteroatoms. The molecule has 0 aliphatic carbocycles. The maximum absolute atomic E-state index is 11.5. The SMILES string of the molecule is O=C1N[C@@H](Cc2ccc(Br)cc2)CO[C@H]1CO. The van der Waals surface area contributed by atoms with E-state index in [0.717, 1.165) is 16.5 Å². The first-order valence-corrected chi connectivity index (χ1v) is 6.25. The fraction of sp³-hybridized carbons (Fsp3) is 0.417. The maximum Gasteiger partial charge on any atom is 0.251 e. The minimum absolute atomic E-state index is 0.0218. The van der Waals surface area contributed by atoms with E-state index in [1.807, 2.05) is 24.3 Å². The van der Waals surface area contributed by atoms with Gasteiger partial charge in [0.2, 0.25) is 0 Å². The van der Waals surface area contributed by atoms with E-state index in [2.05, 4.69) is 21.2 Å². The van der Waals surface area contributed by atoms with E-state index in [0.29, 0.717) is 6.61 Å². The van der Waals surface area contributed by atoms with Gasteiger partial charge in [-0.3, -0.25) is 4.79 Å². The highest BCUT2D eigenvalue weighted by Crippen LogP contribution is 2.13. The van der Waals surface area contributed by atoms with E-state index >= 15 is 0 Å². The topological polar surface area (TPSA) is 58.6 Å². The molecule has 0 spiro atoms. The molecule has 0 unspecified atom stereocenters. The molecule has 4 nitrogen and oxygen atoms in total. The number of rotatable bonds is 3. The van der Waals surface area contributed by atoms with Crippen LogP contribution in [-0.4, -0.2) is 36.4 Å². The lowest BCUT2D eigenvalue weighted by atomic mass is 10.1. The molecular formula is C12H14BrNO3. The first-order valence-electron chi connectivity index (χ1n) is 5.46. The lowest BCUT2D eigenvalue weighted by molar-refractivity contribution is -0.143. The lowest BCUT2D eigenvalue weighted by Crippen LogP contribution is -2.53. The van der Waals surface area contributed by atoms with Crippen LogP contribution in [0.15, 0.2) is 28.7 Å². The average molecular weight is 300 g/mol. The Labute approximate surface area is 108 Å². The van der Waals surface area contributed by atoms with Crippen molar-refractivity contribution in [1.29, 1.82) is 0 Å². The lowest BCUT2D eigenvalue weighted by Gasteiger charge is -2.28. The van der Waals surface area contributed by atoms with Gasteiger partial charge >= 0.3 is 0 Å². The number of carbonyl (C=O) groups is 1. The standard InChI is InChI=1S/C12H14BrNO3/c13-9-3-1-8(2-4-9)5-10-7-17-11(6-15)12(16)14-10/h1-4,10-11,15H,5-7H2,(H,14,16)/t10-,11-/m0/s1. The number of nitrogens with one attached hydrogen (secondary N) is 1. The van der Waals surface area contributed by atoms with Crippen LogP contribution in [0.2, 0.25) is 0 Å². The zero-order valence-electron chi connectivity index (χ0n) is 9.23. The number of amides is 1. The van der Waals surface area contributed by atoms with Crippen LogP contribution in [-0.2, 0) is 16.0 Å². The van der Waals surface area contributed by atoms with E-state index in [9.17, 15) is 4.79 Å². The zero-order chi connectivity index (χ0) is 12.3. The fourth-order valence-electron chi connectivity index (χ4n) is 1.79. The van der Waals surface area contributed by atoms with Crippen molar-refractivity contribution >= 4 is 21.8 Å². The summed E-state index contributed by atoms with van der Waals surface area (Å²) < 4.78 is 6.31. The third kappa shape index (κ3) is 3.28. The molecule has 2 rings (SSSR count). The van der Waals surface area contributed by atoms with Gasteiger partial charge in [0.25, 0.3) is 5.91 Å². The molecule has 1 amide bonds. The van der Waals surface area contributed by atoms with Crippen molar-refractivity contribution in [3.05, 3.63) is 34.3 Å². The number of aliphatic hydroxyl groups is 1. The van der Waals surface area contributed by atoms with Gasteiger partial charge in [0.05, 0.1) is 19.3 Å². The first kappa shape index (κ1) is 12.5. The minimum atomic E-state index is -0.712. The van der Waals surface area contributed by atoms with Crippen molar-refractivity contribution in [2.75, 3.05) is 13.2 Å². The predicted molar refractivity (Wildman–Crippen MR) is 66.6 cm³/mol. The van der Waals surface area contributed by atoms with Crippen molar-refractivity contribution < 1.29 is 14.6 Å². The molecule has 0 aromatic heterocycles. The summed E-state index contributed by atoms with van der Waals surface area (Å²) in [6, 6.07) is 7.93. The number of aliphatic hydroxyl groups excluding tert-OH is 1. The summed E-state index contributed by atoms with van der Waals surface area (Å²) in [5.41, 5.74) is 1.14. The highest BCUT2D eigenvalue weighted by molar-refractivity contribution is 9.10. The maximum atomic E-state index is 11.5. The van der Waals surface area contributed by atoms with Gasteiger partial charge in [0, 0.05) is 4.47 Å². The van der Waals surface area contributed by atoms with Crippen molar-refractivity contribution in [1.82, 2.24) is 5.32 Å². The van der Waals surface area contributed by atoms with Crippen molar-refractivity contribution in [3.8, 4) is 0 Å². The van der Waals surface area contributed by atoms with E-state index in [1.165, 1.54) is 0 Å². The summed E-state index contributed by atoms with van der Waals surface area (Å²) in [6.07, 6.45) is 0.0214.